The van der Waals surface area contributed by atoms with Crippen molar-refractivity contribution in [3.8, 4) is 0 Å². The van der Waals surface area contributed by atoms with Crippen molar-refractivity contribution < 1.29 is 14.6 Å². The maximum atomic E-state index is 11.0. The Morgan fingerprint density at radius 1 is 1.57 bits per heavy atom. The Balaban J connectivity index is 2.65. The van der Waals surface area contributed by atoms with E-state index >= 15 is 0 Å². The van der Waals surface area contributed by atoms with Gasteiger partial charge in [-0.1, -0.05) is 0 Å². The molecular weight excluding hydrogens is 182 g/mol. The number of carboxylic acids is 1. The van der Waals surface area contributed by atoms with Gasteiger partial charge in [-0.25, -0.2) is 0 Å². The summed E-state index contributed by atoms with van der Waals surface area (Å²) in [6.45, 7) is 4.87. The number of rotatable bonds is 3. The highest BCUT2D eigenvalue weighted by Crippen LogP contribution is 2.21. The standard InChI is InChI=1S/C10H19NO3/c1-7(2)11-5-4-8(14-3)6-9(11)10(12)13/h7-9H,4-6H2,1-3H3,(H,12,13)/t8-,9+/m1/s1. The highest BCUT2D eigenvalue weighted by molar-refractivity contribution is 5.73. The zero-order valence-corrected chi connectivity index (χ0v) is 9.06. The first-order valence-corrected chi connectivity index (χ1v) is 5.07. The van der Waals surface area contributed by atoms with Gasteiger partial charge >= 0.3 is 5.97 Å². The number of likely N-dealkylation sites (tertiary alicyclic amines) is 1. The minimum Gasteiger partial charge on any atom is -0.480 e. The Morgan fingerprint density at radius 3 is 2.64 bits per heavy atom. The van der Waals surface area contributed by atoms with Gasteiger partial charge in [-0.15, -0.1) is 0 Å². The van der Waals surface area contributed by atoms with E-state index < -0.39 is 5.97 Å². The molecule has 0 aromatic carbocycles. The molecule has 0 bridgehead atoms. The van der Waals surface area contributed by atoms with Gasteiger partial charge in [0.15, 0.2) is 0 Å². The first-order chi connectivity index (χ1) is 6.56. The second-order valence-electron chi connectivity index (χ2n) is 4.07. The average Bonchev–Trinajstić information content (AvgIpc) is 2.16. The van der Waals surface area contributed by atoms with E-state index in [1.807, 2.05) is 18.7 Å². The molecule has 1 N–H and O–H groups in total. The smallest absolute Gasteiger partial charge is 0.321 e. The number of methoxy groups -OCH3 is 1. The molecule has 1 aliphatic heterocycles. The summed E-state index contributed by atoms with van der Waals surface area (Å²) in [6.07, 6.45) is 1.63. The molecule has 4 nitrogen and oxygen atoms in total. The number of nitrogens with zero attached hydrogens (tertiary/aromatic N) is 1. The molecule has 4 heteroatoms. The first-order valence-electron chi connectivity index (χ1n) is 5.07. The summed E-state index contributed by atoms with van der Waals surface area (Å²) < 4.78 is 5.21. The van der Waals surface area contributed by atoms with Crippen LogP contribution >= 0.6 is 0 Å². The molecule has 82 valence electrons. The van der Waals surface area contributed by atoms with Crippen molar-refractivity contribution in [2.45, 2.75) is 44.9 Å². The van der Waals surface area contributed by atoms with Crippen LogP contribution in [-0.4, -0.2) is 47.8 Å². The molecule has 0 radical (unpaired) electrons. The van der Waals surface area contributed by atoms with Crippen LogP contribution in [0.1, 0.15) is 26.7 Å². The van der Waals surface area contributed by atoms with Crippen molar-refractivity contribution in [1.29, 1.82) is 0 Å². The summed E-state index contributed by atoms with van der Waals surface area (Å²) in [5.74, 6) is -0.736. The molecule has 0 spiro atoms. The van der Waals surface area contributed by atoms with E-state index in [-0.39, 0.29) is 18.2 Å². The third kappa shape index (κ3) is 2.45. The van der Waals surface area contributed by atoms with Gasteiger partial charge in [-0.2, -0.15) is 0 Å². The highest BCUT2D eigenvalue weighted by atomic mass is 16.5. The lowest BCUT2D eigenvalue weighted by Crippen LogP contribution is -2.51. The van der Waals surface area contributed by atoms with Crippen LogP contribution < -0.4 is 0 Å². The second kappa shape index (κ2) is 4.75. The van der Waals surface area contributed by atoms with Gasteiger partial charge < -0.3 is 9.84 Å². The molecule has 0 aromatic rings. The van der Waals surface area contributed by atoms with Gasteiger partial charge in [0, 0.05) is 19.7 Å². The quantitative estimate of drug-likeness (QED) is 0.739. The summed E-state index contributed by atoms with van der Waals surface area (Å²) in [6, 6.07) is -0.0948. The number of piperidine rings is 1. The van der Waals surface area contributed by atoms with Crippen LogP contribution in [0.2, 0.25) is 0 Å². The van der Waals surface area contributed by atoms with Crippen molar-refractivity contribution in [2.24, 2.45) is 0 Å². The fourth-order valence-corrected chi connectivity index (χ4v) is 2.03. The predicted octanol–water partition coefficient (Wildman–Crippen LogP) is 0.959. The maximum Gasteiger partial charge on any atom is 0.321 e. The van der Waals surface area contributed by atoms with E-state index in [2.05, 4.69) is 0 Å². The molecule has 1 fully saturated rings. The molecule has 1 saturated heterocycles. The fourth-order valence-electron chi connectivity index (χ4n) is 2.03. The van der Waals surface area contributed by atoms with E-state index in [1.165, 1.54) is 0 Å². The zero-order chi connectivity index (χ0) is 10.7. The number of carbonyl (C=O) groups is 1. The van der Waals surface area contributed by atoms with E-state index in [9.17, 15) is 4.79 Å². The van der Waals surface area contributed by atoms with E-state index in [0.717, 1.165) is 13.0 Å². The lowest BCUT2D eigenvalue weighted by atomic mass is 9.98. The van der Waals surface area contributed by atoms with Crippen LogP contribution in [0, 0.1) is 0 Å². The molecule has 0 aliphatic carbocycles. The minimum absolute atomic E-state index is 0.103. The molecule has 1 rings (SSSR count). The SMILES string of the molecule is CO[C@@H]1CCN(C(C)C)[C@H](C(=O)O)C1. The molecule has 0 saturated carbocycles. The normalized spacial score (nSPS) is 29.4. The topological polar surface area (TPSA) is 49.8 Å². The Bertz CT molecular complexity index is 206. The molecule has 0 aromatic heterocycles. The maximum absolute atomic E-state index is 11.0. The number of hydrogen-bond donors (Lipinski definition) is 1. The second-order valence-corrected chi connectivity index (χ2v) is 4.07. The Kier molecular flexibility index (Phi) is 3.89. The lowest BCUT2D eigenvalue weighted by molar-refractivity contribution is -0.148. The minimum atomic E-state index is -0.736. The first kappa shape index (κ1) is 11.5. The molecule has 0 unspecified atom stereocenters. The van der Waals surface area contributed by atoms with Gasteiger partial charge in [0.25, 0.3) is 0 Å². The van der Waals surface area contributed by atoms with Crippen LogP contribution in [0.5, 0.6) is 0 Å². The van der Waals surface area contributed by atoms with Crippen molar-refractivity contribution in [3.05, 3.63) is 0 Å². The Hall–Kier alpha value is -0.610. The van der Waals surface area contributed by atoms with Crippen LogP contribution in [0.3, 0.4) is 0 Å². The molecular formula is C10H19NO3. The van der Waals surface area contributed by atoms with Gasteiger partial charge in [-0.3, -0.25) is 9.69 Å². The van der Waals surface area contributed by atoms with E-state index in [1.54, 1.807) is 7.11 Å². The van der Waals surface area contributed by atoms with Gasteiger partial charge in [0.05, 0.1) is 6.10 Å². The van der Waals surface area contributed by atoms with E-state index in [0.29, 0.717) is 6.42 Å². The molecule has 14 heavy (non-hydrogen) atoms. The van der Waals surface area contributed by atoms with Crippen LogP contribution in [0.4, 0.5) is 0 Å². The monoisotopic (exact) mass is 201 g/mol. The molecule has 1 heterocycles. The van der Waals surface area contributed by atoms with Crippen molar-refractivity contribution in [1.82, 2.24) is 4.90 Å². The van der Waals surface area contributed by atoms with Crippen molar-refractivity contribution in [3.63, 3.8) is 0 Å². The summed E-state index contributed by atoms with van der Waals surface area (Å²) >= 11 is 0. The molecule has 1 aliphatic rings. The number of hydrogen-bond acceptors (Lipinski definition) is 3. The summed E-state index contributed by atoms with van der Waals surface area (Å²) in [5.41, 5.74) is 0. The van der Waals surface area contributed by atoms with Gasteiger partial charge in [-0.05, 0) is 26.7 Å². The fraction of sp³-hybridized carbons (Fsp3) is 0.900. The third-order valence-electron chi connectivity index (χ3n) is 2.88. The summed E-state index contributed by atoms with van der Waals surface area (Å²) in [4.78, 5) is 13.1. The lowest BCUT2D eigenvalue weighted by Gasteiger charge is -2.39. The van der Waals surface area contributed by atoms with Crippen LogP contribution in [0.25, 0.3) is 0 Å². The third-order valence-corrected chi connectivity index (χ3v) is 2.88. The summed E-state index contributed by atoms with van der Waals surface area (Å²) in [5, 5.41) is 9.07. The van der Waals surface area contributed by atoms with Crippen LogP contribution in [-0.2, 0) is 9.53 Å². The van der Waals surface area contributed by atoms with Gasteiger partial charge in [0.1, 0.15) is 6.04 Å². The summed E-state index contributed by atoms with van der Waals surface area (Å²) in [7, 11) is 1.65. The van der Waals surface area contributed by atoms with Crippen molar-refractivity contribution >= 4 is 5.97 Å². The molecule has 2 atom stereocenters. The zero-order valence-electron chi connectivity index (χ0n) is 9.06. The average molecular weight is 201 g/mol. The van der Waals surface area contributed by atoms with E-state index in [4.69, 9.17) is 9.84 Å². The Labute approximate surface area is 84.8 Å². The molecule has 0 amide bonds. The number of carboxylic acid groups (broad SMARTS) is 1. The highest BCUT2D eigenvalue weighted by Gasteiger charge is 2.34. The van der Waals surface area contributed by atoms with Gasteiger partial charge in [0.2, 0.25) is 0 Å². The largest absolute Gasteiger partial charge is 0.480 e. The number of ether oxygens (including phenoxy) is 1. The van der Waals surface area contributed by atoms with Crippen LogP contribution in [0.15, 0.2) is 0 Å². The predicted molar refractivity (Wildman–Crippen MR) is 53.3 cm³/mol. The van der Waals surface area contributed by atoms with Crippen molar-refractivity contribution in [2.75, 3.05) is 13.7 Å². The Morgan fingerprint density at radius 2 is 2.21 bits per heavy atom. The number of aliphatic carboxylic acids is 1.